The van der Waals surface area contributed by atoms with E-state index < -0.39 is 18.1 Å². The van der Waals surface area contributed by atoms with Crippen LogP contribution in [0.15, 0.2) is 36.4 Å². The number of esters is 1. The van der Waals surface area contributed by atoms with Gasteiger partial charge in [-0.15, -0.1) is 0 Å². The van der Waals surface area contributed by atoms with Crippen molar-refractivity contribution in [1.29, 1.82) is 0 Å². The van der Waals surface area contributed by atoms with Crippen molar-refractivity contribution in [3.05, 3.63) is 52.5 Å². The molecule has 0 saturated heterocycles. The van der Waals surface area contributed by atoms with Crippen LogP contribution in [0.2, 0.25) is 5.02 Å². The summed E-state index contributed by atoms with van der Waals surface area (Å²) in [5, 5.41) is 3.46. The molecule has 0 saturated carbocycles. The Labute approximate surface area is 181 Å². The van der Waals surface area contributed by atoms with Crippen LogP contribution in [0.1, 0.15) is 30.5 Å². The predicted molar refractivity (Wildman–Crippen MR) is 113 cm³/mol. The van der Waals surface area contributed by atoms with E-state index in [1.165, 1.54) is 21.3 Å². The third kappa shape index (κ3) is 6.03. The second-order valence-electron chi connectivity index (χ2n) is 6.63. The summed E-state index contributed by atoms with van der Waals surface area (Å²) in [7, 11) is 4.34. The molecule has 2 aromatic rings. The molecule has 0 aromatic heterocycles. The first kappa shape index (κ1) is 23.3. The minimum Gasteiger partial charge on any atom is -0.493 e. The molecule has 0 aliphatic rings. The highest BCUT2D eigenvalue weighted by atomic mass is 35.5. The average molecular weight is 436 g/mol. The van der Waals surface area contributed by atoms with E-state index in [9.17, 15) is 9.59 Å². The molecule has 0 spiro atoms. The van der Waals surface area contributed by atoms with Crippen LogP contribution < -0.4 is 19.5 Å². The van der Waals surface area contributed by atoms with Gasteiger partial charge in [0.05, 0.1) is 33.8 Å². The molecule has 0 bridgehead atoms. The lowest BCUT2D eigenvalue weighted by Gasteiger charge is -2.22. The van der Waals surface area contributed by atoms with Gasteiger partial charge in [-0.1, -0.05) is 17.7 Å². The van der Waals surface area contributed by atoms with Crippen molar-refractivity contribution in [2.45, 2.75) is 32.4 Å². The number of rotatable bonds is 9. The minimum absolute atomic E-state index is 0.0511. The summed E-state index contributed by atoms with van der Waals surface area (Å²) < 4.78 is 21.1. The van der Waals surface area contributed by atoms with Crippen LogP contribution in [0.4, 0.5) is 0 Å². The Morgan fingerprint density at radius 3 is 2.33 bits per heavy atom. The maximum atomic E-state index is 12.8. The van der Waals surface area contributed by atoms with Crippen LogP contribution >= 0.6 is 11.6 Å². The van der Waals surface area contributed by atoms with Gasteiger partial charge in [-0.2, -0.15) is 0 Å². The molecular formula is C22H26ClNO6. The molecule has 0 aliphatic carbocycles. The van der Waals surface area contributed by atoms with E-state index in [2.05, 4.69) is 5.32 Å². The topological polar surface area (TPSA) is 83.1 Å². The lowest BCUT2D eigenvalue weighted by molar-refractivity contribution is -0.141. The number of hydrogen-bond acceptors (Lipinski definition) is 6. The van der Waals surface area contributed by atoms with Gasteiger partial charge in [-0.3, -0.25) is 9.59 Å². The van der Waals surface area contributed by atoms with Crippen LogP contribution in [0.25, 0.3) is 0 Å². The lowest BCUT2D eigenvalue weighted by atomic mass is 10.0. The molecule has 7 nitrogen and oxygen atoms in total. The zero-order valence-electron chi connectivity index (χ0n) is 17.7. The van der Waals surface area contributed by atoms with Gasteiger partial charge in [-0.25, -0.2) is 0 Å². The summed E-state index contributed by atoms with van der Waals surface area (Å²) in [6.45, 7) is 3.48. The number of carbonyl (C=O) groups is 2. The number of ether oxygens (including phenoxy) is 4. The number of hydrogen-bond donors (Lipinski definition) is 1. The molecule has 2 unspecified atom stereocenters. The molecular weight excluding hydrogens is 410 g/mol. The van der Waals surface area contributed by atoms with E-state index in [0.29, 0.717) is 27.8 Å². The smallest absolute Gasteiger partial charge is 0.307 e. The number of methoxy groups -OCH3 is 3. The van der Waals surface area contributed by atoms with Crippen LogP contribution in [-0.2, 0) is 14.3 Å². The Morgan fingerprint density at radius 1 is 1.03 bits per heavy atom. The van der Waals surface area contributed by atoms with E-state index in [1.807, 2.05) is 6.92 Å². The number of halogens is 1. The van der Waals surface area contributed by atoms with Gasteiger partial charge in [0.15, 0.2) is 17.6 Å². The molecule has 8 heteroatoms. The number of nitrogens with one attached hydrogen (secondary N) is 1. The van der Waals surface area contributed by atoms with Gasteiger partial charge in [0, 0.05) is 5.02 Å². The monoisotopic (exact) mass is 435 g/mol. The Balaban J connectivity index is 2.19. The van der Waals surface area contributed by atoms with E-state index in [1.54, 1.807) is 43.3 Å². The number of amides is 1. The Bertz CT molecular complexity index is 901. The summed E-state index contributed by atoms with van der Waals surface area (Å²) >= 11 is 6.03. The molecule has 2 rings (SSSR count). The van der Waals surface area contributed by atoms with Crippen molar-refractivity contribution in [2.75, 3.05) is 21.3 Å². The molecule has 162 valence electrons. The van der Waals surface area contributed by atoms with Gasteiger partial charge in [-0.05, 0) is 55.3 Å². The fraction of sp³-hybridized carbons (Fsp3) is 0.364. The van der Waals surface area contributed by atoms with E-state index >= 15 is 0 Å². The summed E-state index contributed by atoms with van der Waals surface area (Å²) in [6, 6.07) is 9.69. The molecule has 0 aliphatic heterocycles. The molecule has 1 N–H and O–H groups in total. The first-order chi connectivity index (χ1) is 14.3. The largest absolute Gasteiger partial charge is 0.493 e. The van der Waals surface area contributed by atoms with Crippen LogP contribution in [0.5, 0.6) is 17.2 Å². The summed E-state index contributed by atoms with van der Waals surface area (Å²) in [6.07, 6.45) is -0.851. The maximum Gasteiger partial charge on any atom is 0.307 e. The molecule has 0 radical (unpaired) electrons. The van der Waals surface area contributed by atoms with Crippen LogP contribution in [-0.4, -0.2) is 39.3 Å². The van der Waals surface area contributed by atoms with Crippen LogP contribution in [0.3, 0.4) is 0 Å². The lowest BCUT2D eigenvalue weighted by Crippen LogP contribution is -2.39. The summed E-state index contributed by atoms with van der Waals surface area (Å²) in [5.74, 6) is 0.706. The third-order valence-corrected chi connectivity index (χ3v) is 4.96. The van der Waals surface area contributed by atoms with Gasteiger partial charge >= 0.3 is 5.97 Å². The maximum absolute atomic E-state index is 12.8. The van der Waals surface area contributed by atoms with Gasteiger partial charge in [0.1, 0.15) is 5.75 Å². The SMILES string of the molecule is COC(=O)CC(NC(=O)C(C)Oc1ccc(Cl)c(C)c1)c1ccc(OC)c(OC)c1. The zero-order valence-corrected chi connectivity index (χ0v) is 18.4. The highest BCUT2D eigenvalue weighted by Crippen LogP contribution is 2.31. The Hall–Kier alpha value is -2.93. The van der Waals surface area contributed by atoms with Crippen LogP contribution in [0, 0.1) is 6.92 Å². The highest BCUT2D eigenvalue weighted by Gasteiger charge is 2.24. The Kier molecular flexibility index (Phi) is 8.35. The molecule has 1 amide bonds. The third-order valence-electron chi connectivity index (χ3n) is 4.54. The second-order valence-corrected chi connectivity index (χ2v) is 7.03. The highest BCUT2D eigenvalue weighted by molar-refractivity contribution is 6.31. The first-order valence-electron chi connectivity index (χ1n) is 9.31. The van der Waals surface area contributed by atoms with E-state index in [4.69, 9.17) is 30.5 Å². The fourth-order valence-electron chi connectivity index (χ4n) is 2.81. The number of carbonyl (C=O) groups excluding carboxylic acids is 2. The Morgan fingerprint density at radius 2 is 1.73 bits per heavy atom. The molecule has 0 heterocycles. The number of aryl methyl sites for hydroxylation is 1. The normalized spacial score (nSPS) is 12.5. The number of benzene rings is 2. The van der Waals surface area contributed by atoms with Gasteiger partial charge in [0.25, 0.3) is 5.91 Å². The quantitative estimate of drug-likeness (QED) is 0.602. The zero-order chi connectivity index (χ0) is 22.3. The van der Waals surface area contributed by atoms with E-state index in [-0.39, 0.29) is 12.3 Å². The summed E-state index contributed by atoms with van der Waals surface area (Å²) in [4.78, 5) is 24.7. The molecule has 30 heavy (non-hydrogen) atoms. The van der Waals surface area contributed by atoms with E-state index in [0.717, 1.165) is 5.56 Å². The molecule has 2 atom stereocenters. The van der Waals surface area contributed by atoms with Crippen molar-refractivity contribution in [2.24, 2.45) is 0 Å². The van der Waals surface area contributed by atoms with Crippen molar-refractivity contribution in [3.63, 3.8) is 0 Å². The summed E-state index contributed by atoms with van der Waals surface area (Å²) in [5.41, 5.74) is 1.51. The standard InChI is InChI=1S/C22H26ClNO6/c1-13-10-16(7-8-17(13)23)30-14(2)22(26)24-18(12-21(25)29-5)15-6-9-19(27-3)20(11-15)28-4/h6-11,14,18H,12H2,1-5H3,(H,24,26). The van der Waals surface area contributed by atoms with Crippen molar-refractivity contribution >= 4 is 23.5 Å². The van der Waals surface area contributed by atoms with Crippen molar-refractivity contribution in [1.82, 2.24) is 5.32 Å². The predicted octanol–water partition coefficient (Wildman–Crippen LogP) is 3.85. The second kappa shape index (κ2) is 10.7. The fourth-order valence-corrected chi connectivity index (χ4v) is 2.93. The average Bonchev–Trinajstić information content (AvgIpc) is 2.74. The van der Waals surface area contributed by atoms with Gasteiger partial charge < -0.3 is 24.3 Å². The van der Waals surface area contributed by atoms with Gasteiger partial charge in [0.2, 0.25) is 0 Å². The first-order valence-corrected chi connectivity index (χ1v) is 9.68. The molecule has 0 fully saturated rings. The van der Waals surface area contributed by atoms with Crippen molar-refractivity contribution < 1.29 is 28.5 Å². The molecule has 2 aromatic carbocycles. The van der Waals surface area contributed by atoms with Crippen molar-refractivity contribution in [3.8, 4) is 17.2 Å². The minimum atomic E-state index is -0.800.